The van der Waals surface area contributed by atoms with Crippen molar-refractivity contribution in [1.82, 2.24) is 5.32 Å². The molecule has 1 aliphatic heterocycles. The summed E-state index contributed by atoms with van der Waals surface area (Å²) < 4.78 is 4.77. The van der Waals surface area contributed by atoms with Crippen molar-refractivity contribution in [2.24, 2.45) is 5.92 Å². The molecule has 1 aliphatic carbocycles. The molecular weight excluding hydrogens is 320 g/mol. The van der Waals surface area contributed by atoms with Gasteiger partial charge in [0.1, 0.15) is 0 Å². The topological polar surface area (TPSA) is 75.7 Å². The molecule has 1 heterocycles. The molecule has 1 aromatic carbocycles. The van der Waals surface area contributed by atoms with Gasteiger partial charge in [-0.05, 0) is 56.4 Å². The van der Waals surface area contributed by atoms with E-state index in [1.165, 1.54) is 7.11 Å². The van der Waals surface area contributed by atoms with Crippen LogP contribution in [0.5, 0.6) is 0 Å². The molecule has 2 amide bonds. The molecule has 0 bridgehead atoms. The smallest absolute Gasteiger partial charge is 0.308 e. The van der Waals surface area contributed by atoms with E-state index in [2.05, 4.69) is 5.32 Å². The van der Waals surface area contributed by atoms with Gasteiger partial charge in [-0.3, -0.25) is 14.4 Å². The number of esters is 1. The van der Waals surface area contributed by atoms with Crippen LogP contribution in [-0.2, 0) is 14.3 Å². The van der Waals surface area contributed by atoms with Gasteiger partial charge in [0, 0.05) is 30.3 Å². The van der Waals surface area contributed by atoms with Crippen LogP contribution in [0.3, 0.4) is 0 Å². The molecule has 2 atom stereocenters. The maximum atomic E-state index is 12.4. The summed E-state index contributed by atoms with van der Waals surface area (Å²) >= 11 is 0. The first-order valence-corrected chi connectivity index (χ1v) is 8.87. The highest BCUT2D eigenvalue weighted by atomic mass is 16.5. The molecule has 1 aromatic rings. The van der Waals surface area contributed by atoms with Crippen molar-refractivity contribution in [1.29, 1.82) is 0 Å². The first-order valence-electron chi connectivity index (χ1n) is 8.87. The van der Waals surface area contributed by atoms with Gasteiger partial charge in [0.15, 0.2) is 0 Å². The number of methoxy groups -OCH3 is 1. The second-order valence-electron chi connectivity index (χ2n) is 6.75. The third-order valence-electron chi connectivity index (χ3n) is 5.07. The average Bonchev–Trinajstić information content (AvgIpc) is 3.10. The van der Waals surface area contributed by atoms with Gasteiger partial charge in [0.25, 0.3) is 5.91 Å². The molecule has 134 valence electrons. The molecule has 2 aliphatic rings. The number of hydrogen-bond donors (Lipinski definition) is 1. The lowest BCUT2D eigenvalue weighted by Crippen LogP contribution is -2.35. The fourth-order valence-electron chi connectivity index (χ4n) is 3.63. The molecule has 3 rings (SSSR count). The van der Waals surface area contributed by atoms with Gasteiger partial charge < -0.3 is 15.0 Å². The normalized spacial score (nSPS) is 23.4. The number of nitrogens with zero attached hydrogens (tertiary/aromatic N) is 1. The summed E-state index contributed by atoms with van der Waals surface area (Å²) in [5.74, 6) is -0.328. The Labute approximate surface area is 147 Å². The molecule has 1 saturated heterocycles. The van der Waals surface area contributed by atoms with Gasteiger partial charge >= 0.3 is 5.97 Å². The van der Waals surface area contributed by atoms with Crippen LogP contribution in [0, 0.1) is 5.92 Å². The summed E-state index contributed by atoms with van der Waals surface area (Å²) in [7, 11) is 1.39. The molecule has 25 heavy (non-hydrogen) atoms. The van der Waals surface area contributed by atoms with E-state index in [0.29, 0.717) is 18.4 Å². The molecule has 0 radical (unpaired) electrons. The number of hydrogen-bond acceptors (Lipinski definition) is 4. The van der Waals surface area contributed by atoms with Crippen LogP contribution >= 0.6 is 0 Å². The number of nitrogens with one attached hydrogen (secondary N) is 1. The van der Waals surface area contributed by atoms with E-state index >= 15 is 0 Å². The van der Waals surface area contributed by atoms with E-state index < -0.39 is 0 Å². The number of amides is 2. The monoisotopic (exact) mass is 344 g/mol. The third-order valence-corrected chi connectivity index (χ3v) is 5.07. The third kappa shape index (κ3) is 4.00. The zero-order valence-electron chi connectivity index (χ0n) is 14.5. The zero-order chi connectivity index (χ0) is 17.8. The number of carbonyl (C=O) groups is 3. The van der Waals surface area contributed by atoms with Crippen LogP contribution in [0.2, 0.25) is 0 Å². The summed E-state index contributed by atoms with van der Waals surface area (Å²) in [5.41, 5.74) is 1.41. The van der Waals surface area contributed by atoms with Gasteiger partial charge in [0.05, 0.1) is 13.0 Å². The second kappa shape index (κ2) is 7.68. The SMILES string of the molecule is COC(=O)[C@H]1CC[C@@H](NC(=O)c2ccc(N3CCCCC3=O)cc2)C1. The number of ether oxygens (including phenoxy) is 1. The van der Waals surface area contributed by atoms with Crippen LogP contribution in [0.25, 0.3) is 0 Å². The van der Waals surface area contributed by atoms with Crippen molar-refractivity contribution < 1.29 is 19.1 Å². The van der Waals surface area contributed by atoms with Crippen LogP contribution in [-0.4, -0.2) is 37.5 Å². The van der Waals surface area contributed by atoms with E-state index in [1.807, 2.05) is 12.1 Å². The summed E-state index contributed by atoms with van der Waals surface area (Å²) in [4.78, 5) is 37.7. The Morgan fingerprint density at radius 3 is 2.60 bits per heavy atom. The first kappa shape index (κ1) is 17.5. The highest BCUT2D eigenvalue weighted by Crippen LogP contribution is 2.27. The molecule has 0 spiro atoms. The van der Waals surface area contributed by atoms with E-state index in [-0.39, 0.29) is 29.7 Å². The van der Waals surface area contributed by atoms with Crippen molar-refractivity contribution in [3.05, 3.63) is 29.8 Å². The van der Waals surface area contributed by atoms with Crippen LogP contribution in [0.1, 0.15) is 48.9 Å². The van der Waals surface area contributed by atoms with Gasteiger partial charge in [-0.25, -0.2) is 0 Å². The molecule has 0 unspecified atom stereocenters. The van der Waals surface area contributed by atoms with Gasteiger partial charge in [-0.15, -0.1) is 0 Å². The number of rotatable bonds is 4. The van der Waals surface area contributed by atoms with Crippen LogP contribution in [0.15, 0.2) is 24.3 Å². The van der Waals surface area contributed by atoms with Crippen molar-refractivity contribution in [2.75, 3.05) is 18.6 Å². The quantitative estimate of drug-likeness (QED) is 0.850. The van der Waals surface area contributed by atoms with Crippen molar-refractivity contribution in [3.63, 3.8) is 0 Å². The van der Waals surface area contributed by atoms with Gasteiger partial charge in [-0.2, -0.15) is 0 Å². The number of anilines is 1. The minimum absolute atomic E-state index is 0.0000474. The summed E-state index contributed by atoms with van der Waals surface area (Å²) in [6, 6.07) is 7.15. The van der Waals surface area contributed by atoms with E-state index in [1.54, 1.807) is 17.0 Å². The molecule has 1 saturated carbocycles. The van der Waals surface area contributed by atoms with Gasteiger partial charge in [-0.1, -0.05) is 0 Å². The Hall–Kier alpha value is -2.37. The second-order valence-corrected chi connectivity index (χ2v) is 6.75. The minimum Gasteiger partial charge on any atom is -0.469 e. The van der Waals surface area contributed by atoms with Crippen molar-refractivity contribution in [3.8, 4) is 0 Å². The predicted octanol–water partition coefficient (Wildman–Crippen LogP) is 2.27. The highest BCUT2D eigenvalue weighted by Gasteiger charge is 2.31. The Morgan fingerprint density at radius 2 is 1.92 bits per heavy atom. The molecule has 2 fully saturated rings. The zero-order valence-corrected chi connectivity index (χ0v) is 14.5. The molecule has 1 N–H and O–H groups in total. The summed E-state index contributed by atoms with van der Waals surface area (Å²) in [6.07, 6.45) is 4.70. The lowest BCUT2D eigenvalue weighted by molar-refractivity contribution is -0.145. The van der Waals surface area contributed by atoms with Crippen molar-refractivity contribution >= 4 is 23.5 Å². The number of piperidine rings is 1. The minimum atomic E-state index is -0.202. The Kier molecular flexibility index (Phi) is 5.36. The maximum Gasteiger partial charge on any atom is 0.308 e. The Balaban J connectivity index is 1.58. The standard InChI is InChI=1S/C19H24N2O4/c1-25-19(24)14-5-8-15(12-14)20-18(23)13-6-9-16(10-7-13)21-11-3-2-4-17(21)22/h6-7,9-10,14-15H,2-5,8,11-12H2,1H3,(H,20,23)/t14-,15+/m0/s1. The lowest BCUT2D eigenvalue weighted by Gasteiger charge is -2.26. The fraction of sp³-hybridized carbons (Fsp3) is 0.526. The molecule has 0 aromatic heterocycles. The maximum absolute atomic E-state index is 12.4. The summed E-state index contributed by atoms with van der Waals surface area (Å²) in [5, 5.41) is 2.98. The summed E-state index contributed by atoms with van der Waals surface area (Å²) in [6.45, 7) is 0.737. The number of carbonyl (C=O) groups excluding carboxylic acids is 3. The largest absolute Gasteiger partial charge is 0.469 e. The van der Waals surface area contributed by atoms with E-state index in [9.17, 15) is 14.4 Å². The van der Waals surface area contributed by atoms with Crippen molar-refractivity contribution in [2.45, 2.75) is 44.6 Å². The molecule has 6 nitrogen and oxygen atoms in total. The van der Waals surface area contributed by atoms with E-state index in [0.717, 1.165) is 37.9 Å². The first-order chi connectivity index (χ1) is 12.1. The number of benzene rings is 1. The fourth-order valence-corrected chi connectivity index (χ4v) is 3.63. The van der Waals surface area contributed by atoms with E-state index in [4.69, 9.17) is 4.74 Å². The Bertz CT molecular complexity index is 656. The lowest BCUT2D eigenvalue weighted by atomic mass is 10.1. The van der Waals surface area contributed by atoms with Crippen LogP contribution < -0.4 is 10.2 Å². The van der Waals surface area contributed by atoms with Crippen LogP contribution in [0.4, 0.5) is 5.69 Å². The van der Waals surface area contributed by atoms with Gasteiger partial charge in [0.2, 0.25) is 5.91 Å². The molecule has 6 heteroatoms. The average molecular weight is 344 g/mol. The Morgan fingerprint density at radius 1 is 1.16 bits per heavy atom. The molecular formula is C19H24N2O4. The predicted molar refractivity (Wildman–Crippen MR) is 93.3 cm³/mol. The highest BCUT2D eigenvalue weighted by molar-refractivity contribution is 5.97.